The number of hydrogen-bond acceptors (Lipinski definition) is 5. The number of aromatic nitrogens is 2. The summed E-state index contributed by atoms with van der Waals surface area (Å²) in [6, 6.07) is 15.9. The van der Waals surface area contributed by atoms with Gasteiger partial charge in [0.05, 0.1) is 6.10 Å². The summed E-state index contributed by atoms with van der Waals surface area (Å²) in [6.07, 6.45) is 5.96. The molecule has 2 heterocycles. The Bertz CT molecular complexity index is 1200. The molecule has 36 heavy (non-hydrogen) atoms. The van der Waals surface area contributed by atoms with Crippen molar-refractivity contribution in [3.05, 3.63) is 76.0 Å². The molecular formula is C31H40N4O. The minimum Gasteiger partial charge on any atom is -0.391 e. The molecule has 1 aromatic heterocycles. The second-order valence-electron chi connectivity index (χ2n) is 10.5. The van der Waals surface area contributed by atoms with E-state index in [4.69, 9.17) is 9.97 Å². The van der Waals surface area contributed by atoms with E-state index in [0.29, 0.717) is 12.6 Å². The molecule has 0 radical (unpaired) electrons. The largest absolute Gasteiger partial charge is 0.391 e. The molecule has 2 aliphatic rings. The van der Waals surface area contributed by atoms with Crippen molar-refractivity contribution in [3.8, 4) is 11.4 Å². The minimum absolute atomic E-state index is 0.298. The van der Waals surface area contributed by atoms with Crippen molar-refractivity contribution >= 4 is 5.82 Å². The standard InChI is InChI=1S/C31H40N4O/c1-5-22-12-9-13-23(6-2)29(22)30-32-21(3)27(31(33-30)35-18-17-25(36)19-35)20-34(4)28-16-10-14-24-11-7-8-15-26(24)28/h7-9,11-13,15,25,28,36H,5-6,10,14,16-20H2,1-4H3/t25?,28-/m0/s1. The zero-order chi connectivity index (χ0) is 25.2. The van der Waals surface area contributed by atoms with Gasteiger partial charge in [-0.25, -0.2) is 9.97 Å². The molecule has 1 N–H and O–H groups in total. The van der Waals surface area contributed by atoms with Crippen LogP contribution in [0.4, 0.5) is 5.82 Å². The van der Waals surface area contributed by atoms with Crippen LogP contribution in [-0.4, -0.2) is 46.2 Å². The normalized spacial score (nSPS) is 19.7. The summed E-state index contributed by atoms with van der Waals surface area (Å²) in [4.78, 5) is 15.1. The van der Waals surface area contributed by atoms with Crippen LogP contribution in [-0.2, 0) is 25.8 Å². The van der Waals surface area contributed by atoms with Gasteiger partial charge in [-0.1, -0.05) is 56.3 Å². The Labute approximate surface area is 216 Å². The third-order valence-electron chi connectivity index (χ3n) is 8.15. The van der Waals surface area contributed by atoms with E-state index in [-0.39, 0.29) is 6.10 Å². The Morgan fingerprint density at radius 1 is 1.00 bits per heavy atom. The molecule has 1 aliphatic carbocycles. The summed E-state index contributed by atoms with van der Waals surface area (Å²) in [6.45, 7) is 8.80. The number of anilines is 1. The van der Waals surface area contributed by atoms with Gasteiger partial charge in [-0.3, -0.25) is 4.90 Å². The van der Waals surface area contributed by atoms with E-state index in [1.807, 2.05) is 0 Å². The smallest absolute Gasteiger partial charge is 0.162 e. The highest BCUT2D eigenvalue weighted by Crippen LogP contribution is 2.37. The van der Waals surface area contributed by atoms with Gasteiger partial charge in [0.15, 0.2) is 5.82 Å². The number of aliphatic hydroxyl groups is 1. The van der Waals surface area contributed by atoms with Crippen LogP contribution >= 0.6 is 0 Å². The number of hydrogen-bond donors (Lipinski definition) is 1. The van der Waals surface area contributed by atoms with Gasteiger partial charge in [-0.05, 0) is 74.8 Å². The Morgan fingerprint density at radius 2 is 1.75 bits per heavy atom. The van der Waals surface area contributed by atoms with Crippen LogP contribution in [0.1, 0.15) is 72.7 Å². The summed E-state index contributed by atoms with van der Waals surface area (Å²) in [7, 11) is 2.24. The summed E-state index contributed by atoms with van der Waals surface area (Å²) >= 11 is 0. The molecule has 5 heteroatoms. The van der Waals surface area contributed by atoms with Crippen LogP contribution in [0.3, 0.4) is 0 Å². The quantitative estimate of drug-likeness (QED) is 0.469. The van der Waals surface area contributed by atoms with Crippen LogP contribution in [0.2, 0.25) is 0 Å². The minimum atomic E-state index is -0.298. The molecule has 3 aromatic rings. The van der Waals surface area contributed by atoms with Crippen molar-refractivity contribution in [3.63, 3.8) is 0 Å². The van der Waals surface area contributed by atoms with Gasteiger partial charge in [-0.2, -0.15) is 0 Å². The predicted molar refractivity (Wildman–Crippen MR) is 147 cm³/mol. The Balaban J connectivity index is 1.56. The Morgan fingerprint density at radius 3 is 2.44 bits per heavy atom. The van der Waals surface area contributed by atoms with E-state index < -0.39 is 0 Å². The summed E-state index contributed by atoms with van der Waals surface area (Å²) in [5, 5.41) is 10.4. The van der Waals surface area contributed by atoms with Crippen molar-refractivity contribution < 1.29 is 5.11 Å². The van der Waals surface area contributed by atoms with E-state index in [0.717, 1.165) is 49.7 Å². The monoisotopic (exact) mass is 484 g/mol. The third-order valence-corrected chi connectivity index (χ3v) is 8.15. The zero-order valence-electron chi connectivity index (χ0n) is 22.3. The average Bonchev–Trinajstić information content (AvgIpc) is 3.34. The number of aliphatic hydroxyl groups excluding tert-OH is 1. The molecule has 1 saturated heterocycles. The first-order chi connectivity index (χ1) is 17.5. The zero-order valence-corrected chi connectivity index (χ0v) is 22.3. The maximum Gasteiger partial charge on any atom is 0.162 e. The molecule has 1 unspecified atom stereocenters. The van der Waals surface area contributed by atoms with Crippen LogP contribution < -0.4 is 4.90 Å². The lowest BCUT2D eigenvalue weighted by atomic mass is 9.87. The highest BCUT2D eigenvalue weighted by atomic mass is 16.3. The first-order valence-corrected chi connectivity index (χ1v) is 13.7. The van der Waals surface area contributed by atoms with E-state index >= 15 is 0 Å². The maximum absolute atomic E-state index is 10.4. The maximum atomic E-state index is 10.4. The van der Waals surface area contributed by atoms with E-state index in [1.165, 1.54) is 52.6 Å². The van der Waals surface area contributed by atoms with Crippen molar-refractivity contribution in [2.45, 2.75) is 78.0 Å². The molecule has 1 aliphatic heterocycles. The fraction of sp³-hybridized carbons (Fsp3) is 0.484. The summed E-state index contributed by atoms with van der Waals surface area (Å²) in [5.74, 6) is 1.82. The van der Waals surface area contributed by atoms with Crippen LogP contribution in [0.25, 0.3) is 11.4 Å². The van der Waals surface area contributed by atoms with Crippen molar-refractivity contribution in [2.75, 3.05) is 25.0 Å². The average molecular weight is 485 g/mol. The van der Waals surface area contributed by atoms with Crippen LogP contribution in [0, 0.1) is 6.92 Å². The van der Waals surface area contributed by atoms with Crippen molar-refractivity contribution in [1.29, 1.82) is 0 Å². The van der Waals surface area contributed by atoms with E-state index in [9.17, 15) is 5.11 Å². The lowest BCUT2D eigenvalue weighted by Gasteiger charge is -2.34. The van der Waals surface area contributed by atoms with Crippen molar-refractivity contribution in [1.82, 2.24) is 14.9 Å². The third kappa shape index (κ3) is 4.79. The number of nitrogens with zero attached hydrogens (tertiary/aromatic N) is 4. The highest BCUT2D eigenvalue weighted by molar-refractivity contribution is 5.68. The Hall–Kier alpha value is -2.76. The number of rotatable bonds is 7. The number of aryl methyl sites for hydroxylation is 4. The highest BCUT2D eigenvalue weighted by Gasteiger charge is 2.29. The fourth-order valence-electron chi connectivity index (χ4n) is 6.15. The van der Waals surface area contributed by atoms with Crippen LogP contribution in [0.5, 0.6) is 0 Å². The first kappa shape index (κ1) is 24.9. The molecule has 0 saturated carbocycles. The van der Waals surface area contributed by atoms with Gasteiger partial charge in [0.25, 0.3) is 0 Å². The molecule has 0 amide bonds. The van der Waals surface area contributed by atoms with Gasteiger partial charge in [-0.15, -0.1) is 0 Å². The summed E-state index contributed by atoms with van der Waals surface area (Å²) < 4.78 is 0. The van der Waals surface area contributed by atoms with E-state index in [1.54, 1.807) is 0 Å². The lowest BCUT2D eigenvalue weighted by Crippen LogP contribution is -2.30. The topological polar surface area (TPSA) is 52.5 Å². The Kier molecular flexibility index (Phi) is 7.40. The van der Waals surface area contributed by atoms with Gasteiger partial charge < -0.3 is 10.0 Å². The molecule has 5 rings (SSSR count). The van der Waals surface area contributed by atoms with Crippen LogP contribution in [0.15, 0.2) is 42.5 Å². The lowest BCUT2D eigenvalue weighted by molar-refractivity contribution is 0.198. The second kappa shape index (κ2) is 10.7. The number of β-amino-alcohol motifs (C(OH)–C–C–N with tert-alkyl or cyclic N) is 1. The second-order valence-corrected chi connectivity index (χ2v) is 10.5. The van der Waals surface area contributed by atoms with Gasteiger partial charge in [0, 0.05) is 42.5 Å². The van der Waals surface area contributed by atoms with Gasteiger partial charge in [0.1, 0.15) is 5.82 Å². The van der Waals surface area contributed by atoms with E-state index in [2.05, 4.69) is 80.1 Å². The first-order valence-electron chi connectivity index (χ1n) is 13.7. The molecule has 0 spiro atoms. The van der Waals surface area contributed by atoms with Crippen molar-refractivity contribution in [2.24, 2.45) is 0 Å². The SMILES string of the molecule is CCc1cccc(CC)c1-c1nc(C)c(CN(C)[C@H]2CCCc3ccccc32)c(N2CCC(O)C2)n1. The molecule has 190 valence electrons. The molecule has 2 aromatic carbocycles. The molecule has 0 bridgehead atoms. The fourth-order valence-corrected chi connectivity index (χ4v) is 6.15. The van der Waals surface area contributed by atoms with Gasteiger partial charge >= 0.3 is 0 Å². The van der Waals surface area contributed by atoms with Gasteiger partial charge in [0.2, 0.25) is 0 Å². The molecule has 5 nitrogen and oxygen atoms in total. The molecule has 1 fully saturated rings. The predicted octanol–water partition coefficient (Wildman–Crippen LogP) is 5.66. The molecule has 2 atom stereocenters. The number of benzene rings is 2. The number of fused-ring (bicyclic) bond motifs is 1. The molecular weight excluding hydrogens is 444 g/mol. The summed E-state index contributed by atoms with van der Waals surface area (Å²) in [5.41, 5.74) is 8.95.